The van der Waals surface area contributed by atoms with Crippen LogP contribution in [0.2, 0.25) is 0 Å². The Bertz CT molecular complexity index is 435. The highest BCUT2D eigenvalue weighted by atomic mass is 79.9. The molecule has 0 radical (unpaired) electrons. The van der Waals surface area contributed by atoms with Crippen LogP contribution in [-0.4, -0.2) is 53.4 Å². The van der Waals surface area contributed by atoms with Crippen LogP contribution in [0, 0.1) is 0 Å². The molecule has 2 rings (SSSR count). The minimum atomic E-state index is 0.0444. The molecular formula is C14H20BrN3O. The molecule has 0 aliphatic carbocycles. The molecular weight excluding hydrogens is 306 g/mol. The van der Waals surface area contributed by atoms with E-state index >= 15 is 0 Å². The van der Waals surface area contributed by atoms with Gasteiger partial charge < -0.3 is 4.90 Å². The zero-order valence-corrected chi connectivity index (χ0v) is 13.1. The van der Waals surface area contributed by atoms with E-state index in [0.717, 1.165) is 24.2 Å². The molecule has 0 bridgehead atoms. The van der Waals surface area contributed by atoms with Crippen molar-refractivity contribution in [3.8, 4) is 0 Å². The van der Waals surface area contributed by atoms with E-state index in [1.807, 2.05) is 18.0 Å². The summed E-state index contributed by atoms with van der Waals surface area (Å²) < 4.78 is 0.750. The SMILES string of the molecule is CCN1CCCC1CN(C)C(=O)c1ccc(Br)nc1. The largest absolute Gasteiger partial charge is 0.340 e. The molecule has 0 spiro atoms. The number of nitrogens with zero attached hydrogens (tertiary/aromatic N) is 3. The Morgan fingerprint density at radius 3 is 3.00 bits per heavy atom. The number of carbonyl (C=O) groups is 1. The van der Waals surface area contributed by atoms with Gasteiger partial charge in [-0.05, 0) is 54.0 Å². The van der Waals surface area contributed by atoms with Crippen LogP contribution in [0.3, 0.4) is 0 Å². The average Bonchev–Trinajstić information content (AvgIpc) is 2.86. The predicted octanol–water partition coefficient (Wildman–Crippen LogP) is 2.40. The number of halogens is 1. The van der Waals surface area contributed by atoms with E-state index in [9.17, 15) is 4.79 Å². The number of amides is 1. The number of carbonyl (C=O) groups excluding carboxylic acids is 1. The van der Waals surface area contributed by atoms with Crippen molar-refractivity contribution in [1.29, 1.82) is 0 Å². The molecule has 0 aromatic carbocycles. The zero-order valence-electron chi connectivity index (χ0n) is 11.5. The average molecular weight is 326 g/mol. The summed E-state index contributed by atoms with van der Waals surface area (Å²) in [7, 11) is 1.87. The van der Waals surface area contributed by atoms with E-state index in [4.69, 9.17) is 0 Å². The van der Waals surface area contributed by atoms with Gasteiger partial charge in [0.25, 0.3) is 5.91 Å². The summed E-state index contributed by atoms with van der Waals surface area (Å²) in [6.45, 7) is 5.19. The molecule has 5 heteroatoms. The lowest BCUT2D eigenvalue weighted by molar-refractivity contribution is 0.0754. The second-order valence-electron chi connectivity index (χ2n) is 4.98. The first-order chi connectivity index (χ1) is 9.11. The molecule has 19 heavy (non-hydrogen) atoms. The third-order valence-corrected chi connectivity index (χ3v) is 4.18. The maximum Gasteiger partial charge on any atom is 0.255 e. The Hall–Kier alpha value is -0.940. The van der Waals surface area contributed by atoms with E-state index in [-0.39, 0.29) is 5.91 Å². The summed E-state index contributed by atoms with van der Waals surface area (Å²) in [6, 6.07) is 4.11. The van der Waals surface area contributed by atoms with Gasteiger partial charge in [-0.25, -0.2) is 4.98 Å². The fraction of sp³-hybridized carbons (Fsp3) is 0.571. The lowest BCUT2D eigenvalue weighted by Gasteiger charge is -2.27. The number of pyridine rings is 1. The second-order valence-corrected chi connectivity index (χ2v) is 5.79. The molecule has 1 aromatic heterocycles. The number of aromatic nitrogens is 1. The van der Waals surface area contributed by atoms with Crippen molar-refractivity contribution in [2.24, 2.45) is 0 Å². The highest BCUT2D eigenvalue weighted by molar-refractivity contribution is 9.10. The summed E-state index contributed by atoms with van der Waals surface area (Å²) in [4.78, 5) is 20.7. The molecule has 104 valence electrons. The minimum absolute atomic E-state index is 0.0444. The van der Waals surface area contributed by atoms with Crippen molar-refractivity contribution in [3.63, 3.8) is 0 Å². The number of hydrogen-bond acceptors (Lipinski definition) is 3. The second kappa shape index (κ2) is 6.48. The van der Waals surface area contributed by atoms with Gasteiger partial charge in [0.2, 0.25) is 0 Å². The summed E-state index contributed by atoms with van der Waals surface area (Å²) in [6.07, 6.45) is 4.04. The molecule has 1 amide bonds. The first kappa shape index (κ1) is 14.5. The first-order valence-electron chi connectivity index (χ1n) is 6.73. The Morgan fingerprint density at radius 2 is 2.37 bits per heavy atom. The molecule has 2 heterocycles. The van der Waals surface area contributed by atoms with Gasteiger partial charge in [0.15, 0.2) is 0 Å². The monoisotopic (exact) mass is 325 g/mol. The van der Waals surface area contributed by atoms with Gasteiger partial charge in [0, 0.05) is 25.8 Å². The van der Waals surface area contributed by atoms with Crippen molar-refractivity contribution in [2.45, 2.75) is 25.8 Å². The van der Waals surface area contributed by atoms with Crippen LogP contribution in [0.15, 0.2) is 22.9 Å². The number of likely N-dealkylation sites (tertiary alicyclic amines) is 1. The predicted molar refractivity (Wildman–Crippen MR) is 79.2 cm³/mol. The molecule has 4 nitrogen and oxygen atoms in total. The van der Waals surface area contributed by atoms with Crippen LogP contribution in [0.5, 0.6) is 0 Å². The van der Waals surface area contributed by atoms with Crippen molar-refractivity contribution in [1.82, 2.24) is 14.8 Å². The number of likely N-dealkylation sites (N-methyl/N-ethyl adjacent to an activating group) is 2. The first-order valence-corrected chi connectivity index (χ1v) is 7.52. The van der Waals surface area contributed by atoms with Crippen LogP contribution in [0.4, 0.5) is 0 Å². The molecule has 1 aromatic rings. The molecule has 1 unspecified atom stereocenters. The lowest BCUT2D eigenvalue weighted by Crippen LogP contribution is -2.41. The lowest BCUT2D eigenvalue weighted by atomic mass is 10.2. The summed E-state index contributed by atoms with van der Waals surface area (Å²) in [5.41, 5.74) is 0.645. The Kier molecular flexibility index (Phi) is 4.93. The van der Waals surface area contributed by atoms with Gasteiger partial charge in [0.05, 0.1) is 5.56 Å². The van der Waals surface area contributed by atoms with Gasteiger partial charge in [-0.2, -0.15) is 0 Å². The van der Waals surface area contributed by atoms with Gasteiger partial charge in [-0.15, -0.1) is 0 Å². The van der Waals surface area contributed by atoms with Crippen LogP contribution >= 0.6 is 15.9 Å². The van der Waals surface area contributed by atoms with Gasteiger partial charge in [-0.1, -0.05) is 6.92 Å². The third-order valence-electron chi connectivity index (χ3n) is 3.71. The molecule has 1 atom stereocenters. The van der Waals surface area contributed by atoms with E-state index in [0.29, 0.717) is 11.6 Å². The van der Waals surface area contributed by atoms with Crippen LogP contribution in [-0.2, 0) is 0 Å². The van der Waals surface area contributed by atoms with Crippen LogP contribution < -0.4 is 0 Å². The van der Waals surface area contributed by atoms with Gasteiger partial charge in [-0.3, -0.25) is 9.69 Å². The van der Waals surface area contributed by atoms with E-state index < -0.39 is 0 Å². The smallest absolute Gasteiger partial charge is 0.255 e. The molecule has 0 saturated carbocycles. The van der Waals surface area contributed by atoms with E-state index in [1.54, 1.807) is 12.3 Å². The summed E-state index contributed by atoms with van der Waals surface area (Å²) in [5, 5.41) is 0. The highest BCUT2D eigenvalue weighted by Gasteiger charge is 2.25. The van der Waals surface area contributed by atoms with Crippen molar-refractivity contribution < 1.29 is 4.79 Å². The topological polar surface area (TPSA) is 36.4 Å². The zero-order chi connectivity index (χ0) is 13.8. The van der Waals surface area contributed by atoms with E-state index in [2.05, 4.69) is 32.7 Å². The van der Waals surface area contributed by atoms with Crippen molar-refractivity contribution >= 4 is 21.8 Å². The highest BCUT2D eigenvalue weighted by Crippen LogP contribution is 2.18. The Labute approximate surface area is 122 Å². The fourth-order valence-corrected chi connectivity index (χ4v) is 2.87. The summed E-state index contributed by atoms with van der Waals surface area (Å²) in [5.74, 6) is 0.0444. The summed E-state index contributed by atoms with van der Waals surface area (Å²) >= 11 is 3.28. The van der Waals surface area contributed by atoms with Crippen molar-refractivity contribution in [2.75, 3.05) is 26.7 Å². The fourth-order valence-electron chi connectivity index (χ4n) is 2.64. The Morgan fingerprint density at radius 1 is 1.58 bits per heavy atom. The Balaban J connectivity index is 1.97. The normalized spacial score (nSPS) is 19.6. The molecule has 1 aliphatic rings. The third kappa shape index (κ3) is 3.54. The van der Waals surface area contributed by atoms with Crippen LogP contribution in [0.1, 0.15) is 30.1 Å². The standard InChI is InChI=1S/C14H20BrN3O/c1-3-18-8-4-5-12(18)10-17(2)14(19)11-6-7-13(15)16-9-11/h6-7,9,12H,3-5,8,10H2,1-2H3. The minimum Gasteiger partial charge on any atom is -0.340 e. The number of hydrogen-bond donors (Lipinski definition) is 0. The maximum absolute atomic E-state index is 12.3. The van der Waals surface area contributed by atoms with Crippen LogP contribution in [0.25, 0.3) is 0 Å². The molecule has 0 N–H and O–H groups in total. The molecule has 1 saturated heterocycles. The van der Waals surface area contributed by atoms with Crippen molar-refractivity contribution in [3.05, 3.63) is 28.5 Å². The molecule has 1 aliphatic heterocycles. The van der Waals surface area contributed by atoms with Gasteiger partial charge in [0.1, 0.15) is 4.60 Å². The number of rotatable bonds is 4. The van der Waals surface area contributed by atoms with Gasteiger partial charge >= 0.3 is 0 Å². The quantitative estimate of drug-likeness (QED) is 0.797. The van der Waals surface area contributed by atoms with E-state index in [1.165, 1.54) is 12.8 Å². The molecule has 1 fully saturated rings. The maximum atomic E-state index is 12.3.